The maximum absolute atomic E-state index is 10.5. The van der Waals surface area contributed by atoms with Crippen molar-refractivity contribution in [2.45, 2.75) is 44.2 Å². The van der Waals surface area contributed by atoms with Crippen molar-refractivity contribution >= 4 is 21.6 Å². The third-order valence-electron chi connectivity index (χ3n) is 5.22. The average Bonchev–Trinajstić information content (AvgIpc) is 3.08. The van der Waals surface area contributed by atoms with E-state index in [1.165, 1.54) is 0 Å². The SMILES string of the molecule is Cc1cc(O)c(C2OC(CO)CC(O)C2O)cc1Cc1nc2ccccc2s1. The third kappa shape index (κ3) is 3.64. The Hall–Kier alpha value is -2.03. The van der Waals surface area contributed by atoms with Gasteiger partial charge >= 0.3 is 0 Å². The highest BCUT2D eigenvalue weighted by Crippen LogP contribution is 2.38. The monoisotopic (exact) mass is 401 g/mol. The number of rotatable bonds is 4. The van der Waals surface area contributed by atoms with E-state index in [1.807, 2.05) is 31.2 Å². The number of fused-ring (bicyclic) bond motifs is 1. The zero-order valence-corrected chi connectivity index (χ0v) is 16.3. The predicted octanol–water partition coefficient (Wildman–Crippen LogP) is 2.45. The van der Waals surface area contributed by atoms with Gasteiger partial charge in [0.05, 0.1) is 34.0 Å². The smallest absolute Gasteiger partial charge is 0.121 e. The van der Waals surface area contributed by atoms with E-state index in [0.29, 0.717) is 12.0 Å². The quantitative estimate of drug-likeness (QED) is 0.536. The number of nitrogens with zero attached hydrogens (tertiary/aromatic N) is 1. The van der Waals surface area contributed by atoms with E-state index < -0.39 is 24.4 Å². The molecule has 2 aromatic carbocycles. The van der Waals surface area contributed by atoms with Crippen LogP contribution in [0.2, 0.25) is 0 Å². The maximum Gasteiger partial charge on any atom is 0.121 e. The van der Waals surface area contributed by atoms with Crippen molar-refractivity contribution in [1.82, 2.24) is 4.98 Å². The molecule has 1 fully saturated rings. The van der Waals surface area contributed by atoms with Crippen molar-refractivity contribution in [3.63, 3.8) is 0 Å². The number of aliphatic hydroxyl groups is 3. The minimum atomic E-state index is -1.17. The minimum absolute atomic E-state index is 0.000361. The molecule has 4 unspecified atom stereocenters. The number of aromatic nitrogens is 1. The zero-order chi connectivity index (χ0) is 19.8. The lowest BCUT2D eigenvalue weighted by atomic mass is 9.90. The van der Waals surface area contributed by atoms with E-state index in [9.17, 15) is 20.4 Å². The van der Waals surface area contributed by atoms with Crippen molar-refractivity contribution < 1.29 is 25.2 Å². The van der Waals surface area contributed by atoms with E-state index in [0.717, 1.165) is 26.4 Å². The molecule has 0 aliphatic carbocycles. The van der Waals surface area contributed by atoms with Crippen LogP contribution in [-0.4, -0.2) is 50.3 Å². The van der Waals surface area contributed by atoms with E-state index in [2.05, 4.69) is 4.98 Å². The molecule has 4 N–H and O–H groups in total. The van der Waals surface area contributed by atoms with E-state index in [1.54, 1.807) is 23.5 Å². The molecule has 4 rings (SSSR count). The van der Waals surface area contributed by atoms with E-state index in [4.69, 9.17) is 4.74 Å². The lowest BCUT2D eigenvalue weighted by molar-refractivity contribution is -0.180. The molecule has 0 radical (unpaired) electrons. The number of hydrogen-bond donors (Lipinski definition) is 4. The molecule has 148 valence electrons. The average molecular weight is 401 g/mol. The van der Waals surface area contributed by atoms with Crippen LogP contribution in [0.1, 0.15) is 34.2 Å². The van der Waals surface area contributed by atoms with Crippen LogP contribution in [-0.2, 0) is 11.2 Å². The Morgan fingerprint density at radius 3 is 2.75 bits per heavy atom. The summed E-state index contributed by atoms with van der Waals surface area (Å²) in [5.74, 6) is 0.000361. The second-order valence-electron chi connectivity index (χ2n) is 7.24. The van der Waals surface area contributed by atoms with Crippen molar-refractivity contribution in [3.8, 4) is 5.75 Å². The molecule has 0 amide bonds. The van der Waals surface area contributed by atoms with Gasteiger partial charge in [0, 0.05) is 18.4 Å². The summed E-state index contributed by atoms with van der Waals surface area (Å²) in [6, 6.07) is 11.4. The Bertz CT molecular complexity index is 955. The number of benzene rings is 2. The zero-order valence-electron chi connectivity index (χ0n) is 15.4. The van der Waals surface area contributed by atoms with Gasteiger partial charge in [0.2, 0.25) is 0 Å². The standard InChI is InChI=1S/C21H23NO5S/c1-11-6-16(24)14(21-20(26)17(25)9-13(10-23)27-21)7-12(11)8-19-22-15-4-2-3-5-18(15)28-19/h2-7,13,17,20-21,23-26H,8-10H2,1H3. The molecule has 28 heavy (non-hydrogen) atoms. The summed E-state index contributed by atoms with van der Waals surface area (Å²) in [7, 11) is 0. The van der Waals surface area contributed by atoms with E-state index >= 15 is 0 Å². The number of aromatic hydroxyl groups is 1. The van der Waals surface area contributed by atoms with Crippen LogP contribution in [0.4, 0.5) is 0 Å². The second kappa shape index (κ2) is 7.77. The lowest BCUT2D eigenvalue weighted by Gasteiger charge is -2.37. The molecule has 3 aromatic rings. The maximum atomic E-state index is 10.5. The fraction of sp³-hybridized carbons (Fsp3) is 0.381. The molecule has 1 saturated heterocycles. The van der Waals surface area contributed by atoms with Gasteiger partial charge in [-0.25, -0.2) is 4.98 Å². The molecule has 1 aromatic heterocycles. The first kappa shape index (κ1) is 19.3. The first-order chi connectivity index (χ1) is 13.5. The van der Waals surface area contributed by atoms with Gasteiger partial charge in [0.1, 0.15) is 18.0 Å². The Balaban J connectivity index is 1.67. The summed E-state index contributed by atoms with van der Waals surface area (Å²) in [6.45, 7) is 1.65. The number of aryl methyl sites for hydroxylation is 1. The van der Waals surface area contributed by atoms with Gasteiger partial charge in [-0.05, 0) is 42.3 Å². The summed E-state index contributed by atoms with van der Waals surface area (Å²) >= 11 is 1.62. The van der Waals surface area contributed by atoms with Gasteiger partial charge in [-0.3, -0.25) is 0 Å². The Morgan fingerprint density at radius 2 is 2.00 bits per heavy atom. The van der Waals surface area contributed by atoms with Gasteiger partial charge in [-0.15, -0.1) is 11.3 Å². The van der Waals surface area contributed by atoms with Crippen molar-refractivity contribution in [2.24, 2.45) is 0 Å². The molecule has 0 saturated carbocycles. The normalized spacial score (nSPS) is 25.3. The fourth-order valence-corrected chi connectivity index (χ4v) is 4.65. The van der Waals surface area contributed by atoms with Gasteiger partial charge < -0.3 is 25.2 Å². The van der Waals surface area contributed by atoms with Crippen LogP contribution >= 0.6 is 11.3 Å². The molecule has 1 aliphatic heterocycles. The van der Waals surface area contributed by atoms with Gasteiger partial charge in [-0.1, -0.05) is 12.1 Å². The molecule has 2 heterocycles. The number of hydrogen-bond acceptors (Lipinski definition) is 7. The fourth-order valence-electron chi connectivity index (χ4n) is 3.66. The van der Waals surface area contributed by atoms with Gasteiger partial charge in [0.25, 0.3) is 0 Å². The molecule has 6 nitrogen and oxygen atoms in total. The highest BCUT2D eigenvalue weighted by atomic mass is 32.1. The Morgan fingerprint density at radius 1 is 1.21 bits per heavy atom. The molecular weight excluding hydrogens is 378 g/mol. The first-order valence-corrected chi connectivity index (χ1v) is 10.1. The highest BCUT2D eigenvalue weighted by Gasteiger charge is 2.38. The summed E-state index contributed by atoms with van der Waals surface area (Å²) in [5.41, 5.74) is 3.24. The summed E-state index contributed by atoms with van der Waals surface area (Å²) in [6.07, 6.45) is -2.95. The summed E-state index contributed by atoms with van der Waals surface area (Å²) in [4.78, 5) is 4.67. The predicted molar refractivity (Wildman–Crippen MR) is 107 cm³/mol. The van der Waals surface area contributed by atoms with Crippen LogP contribution < -0.4 is 0 Å². The number of ether oxygens (including phenoxy) is 1. The number of aliphatic hydroxyl groups excluding tert-OH is 3. The molecular formula is C21H23NO5S. The number of phenolic OH excluding ortho intramolecular Hbond substituents is 1. The highest BCUT2D eigenvalue weighted by molar-refractivity contribution is 7.18. The number of para-hydroxylation sites is 1. The summed E-state index contributed by atoms with van der Waals surface area (Å²) < 4.78 is 6.86. The molecule has 1 aliphatic rings. The Labute approximate surface area is 166 Å². The lowest BCUT2D eigenvalue weighted by Crippen LogP contribution is -2.44. The molecule has 4 atom stereocenters. The largest absolute Gasteiger partial charge is 0.508 e. The second-order valence-corrected chi connectivity index (χ2v) is 8.36. The van der Waals surface area contributed by atoms with Crippen molar-refractivity contribution in [3.05, 3.63) is 58.1 Å². The van der Waals surface area contributed by atoms with Crippen LogP contribution in [0.5, 0.6) is 5.75 Å². The van der Waals surface area contributed by atoms with Gasteiger partial charge in [-0.2, -0.15) is 0 Å². The minimum Gasteiger partial charge on any atom is -0.508 e. The summed E-state index contributed by atoms with van der Waals surface area (Å²) in [5, 5.41) is 41.3. The van der Waals surface area contributed by atoms with Gasteiger partial charge in [0.15, 0.2) is 0 Å². The van der Waals surface area contributed by atoms with Crippen LogP contribution in [0.25, 0.3) is 10.2 Å². The van der Waals surface area contributed by atoms with E-state index in [-0.39, 0.29) is 18.8 Å². The van der Waals surface area contributed by atoms with Crippen LogP contribution in [0, 0.1) is 6.92 Å². The number of phenols is 1. The Kier molecular flexibility index (Phi) is 5.35. The van der Waals surface area contributed by atoms with Crippen LogP contribution in [0.15, 0.2) is 36.4 Å². The third-order valence-corrected chi connectivity index (χ3v) is 6.26. The molecule has 7 heteroatoms. The van der Waals surface area contributed by atoms with Crippen LogP contribution in [0.3, 0.4) is 0 Å². The number of thiazole rings is 1. The van der Waals surface area contributed by atoms with Crippen molar-refractivity contribution in [2.75, 3.05) is 6.61 Å². The first-order valence-electron chi connectivity index (χ1n) is 9.25. The van der Waals surface area contributed by atoms with Crippen molar-refractivity contribution in [1.29, 1.82) is 0 Å². The molecule has 0 bridgehead atoms. The topological polar surface area (TPSA) is 103 Å². The molecule has 0 spiro atoms.